The second-order valence-corrected chi connectivity index (χ2v) is 10.2. The van der Waals surface area contributed by atoms with Crippen molar-refractivity contribution in [3.05, 3.63) is 81.6 Å². The lowest BCUT2D eigenvalue weighted by Crippen LogP contribution is -2.46. The molecule has 1 aromatic carbocycles. The van der Waals surface area contributed by atoms with Gasteiger partial charge in [0.25, 0.3) is 11.4 Å². The maximum Gasteiger partial charge on any atom is 0.423 e. The van der Waals surface area contributed by atoms with Gasteiger partial charge in [0, 0.05) is 31.5 Å². The molecule has 0 bridgehead atoms. The van der Waals surface area contributed by atoms with Crippen LogP contribution in [0.4, 0.5) is 38.0 Å². The van der Waals surface area contributed by atoms with Crippen LogP contribution in [0.1, 0.15) is 41.2 Å². The summed E-state index contributed by atoms with van der Waals surface area (Å²) in [4.78, 5) is 26.2. The van der Waals surface area contributed by atoms with Gasteiger partial charge in [0.05, 0.1) is 43.6 Å². The molecule has 240 valence electrons. The Morgan fingerprint density at radius 1 is 1.04 bits per heavy atom. The summed E-state index contributed by atoms with van der Waals surface area (Å²) in [6.07, 6.45) is -7.09. The molecule has 1 saturated heterocycles. The number of nitrogens with one attached hydrogen (secondary N) is 1. The molecule has 4 heterocycles. The highest BCUT2D eigenvalue weighted by Gasteiger charge is 2.39. The molecule has 12 nitrogen and oxygen atoms in total. The molecule has 1 aliphatic heterocycles. The van der Waals surface area contributed by atoms with Crippen molar-refractivity contribution in [2.24, 2.45) is 0 Å². The van der Waals surface area contributed by atoms with Crippen molar-refractivity contribution in [3.8, 4) is 5.75 Å². The average molecular weight is 641 g/mol. The third kappa shape index (κ3) is 7.50. The Hall–Kier alpha value is -4.74. The molecular weight excluding hydrogens is 614 g/mol. The first kappa shape index (κ1) is 31.7. The van der Waals surface area contributed by atoms with Gasteiger partial charge < -0.3 is 24.2 Å². The normalized spacial score (nSPS) is 14.7. The summed E-state index contributed by atoms with van der Waals surface area (Å²) in [7, 11) is 1.48. The van der Waals surface area contributed by atoms with Crippen LogP contribution in [-0.2, 0) is 30.2 Å². The van der Waals surface area contributed by atoms with Crippen molar-refractivity contribution in [1.82, 2.24) is 29.9 Å². The highest BCUT2D eigenvalue weighted by atomic mass is 19.4. The molecule has 1 unspecified atom stereocenters. The van der Waals surface area contributed by atoms with E-state index in [9.17, 15) is 31.1 Å². The molecule has 1 atom stereocenters. The smallest absolute Gasteiger partial charge is 0.423 e. The number of rotatable bonds is 11. The lowest BCUT2D eigenvalue weighted by molar-refractivity contribution is -0.139. The number of alkyl halides is 6. The predicted octanol–water partition coefficient (Wildman–Crippen LogP) is 4.13. The van der Waals surface area contributed by atoms with Gasteiger partial charge in [-0.05, 0) is 24.6 Å². The number of aromatic nitrogens is 6. The monoisotopic (exact) mass is 640 g/mol. The standard InChI is InChI=1S/C27H26F6N8O4/c1-15(37-20-9-36-41(24(42)22(20)27(31,32)33)10-16-3-5-19(43-2)6-4-16)13-44-14-21-38-23(39-45-21)17-11-40(12-17)25-34-7-18(8-35-25)26(28,29)30/h3-9,15,17,37H,10-14H2,1-2H3. The Balaban J connectivity index is 1.13. The van der Waals surface area contributed by atoms with E-state index in [2.05, 4.69) is 30.5 Å². The quantitative estimate of drug-likeness (QED) is 0.237. The van der Waals surface area contributed by atoms with E-state index in [0.717, 1.165) is 10.9 Å². The Morgan fingerprint density at radius 2 is 1.73 bits per heavy atom. The fraction of sp³-hybridized carbons (Fsp3) is 0.407. The predicted molar refractivity (Wildman–Crippen MR) is 145 cm³/mol. The van der Waals surface area contributed by atoms with Crippen molar-refractivity contribution in [3.63, 3.8) is 0 Å². The SMILES string of the molecule is COc1ccc(Cn2ncc(NC(C)COCc3nc(C4CN(c5ncc(C(F)(F)F)cn5)C4)no3)c(C(F)(F)F)c2=O)cc1. The number of halogens is 6. The molecular formula is C27H26F6N8O4. The maximum atomic E-state index is 13.9. The van der Waals surface area contributed by atoms with Crippen molar-refractivity contribution < 1.29 is 40.3 Å². The number of hydrogen-bond acceptors (Lipinski definition) is 11. The van der Waals surface area contributed by atoms with Crippen LogP contribution in [0.2, 0.25) is 0 Å². The van der Waals surface area contributed by atoms with Crippen LogP contribution in [0, 0.1) is 0 Å². The van der Waals surface area contributed by atoms with Crippen molar-refractivity contribution >= 4 is 11.6 Å². The van der Waals surface area contributed by atoms with E-state index in [0.29, 0.717) is 42.6 Å². The number of anilines is 2. The number of methoxy groups -OCH3 is 1. The number of hydrogen-bond donors (Lipinski definition) is 1. The van der Waals surface area contributed by atoms with E-state index >= 15 is 0 Å². The lowest BCUT2D eigenvalue weighted by atomic mass is 10.0. The van der Waals surface area contributed by atoms with Crippen LogP contribution in [0.15, 0.2) is 52.2 Å². The molecule has 3 aromatic heterocycles. The zero-order chi connectivity index (χ0) is 32.4. The average Bonchev–Trinajstić information content (AvgIpc) is 3.41. The van der Waals surface area contributed by atoms with Crippen molar-refractivity contribution in [2.45, 2.75) is 44.4 Å². The third-order valence-corrected chi connectivity index (χ3v) is 6.79. The van der Waals surface area contributed by atoms with Crippen molar-refractivity contribution in [1.29, 1.82) is 0 Å². The van der Waals surface area contributed by atoms with E-state index in [4.69, 9.17) is 14.0 Å². The van der Waals surface area contributed by atoms with Gasteiger partial charge in [0.1, 0.15) is 17.9 Å². The second kappa shape index (κ2) is 12.7. The molecule has 0 amide bonds. The number of benzene rings is 1. The fourth-order valence-corrected chi connectivity index (χ4v) is 4.45. The summed E-state index contributed by atoms with van der Waals surface area (Å²) >= 11 is 0. The number of nitrogens with zero attached hydrogens (tertiary/aromatic N) is 7. The van der Waals surface area contributed by atoms with Crippen LogP contribution in [0.3, 0.4) is 0 Å². The molecule has 0 spiro atoms. The topological polar surface area (TPSA) is 133 Å². The van der Waals surface area contributed by atoms with E-state index < -0.39 is 40.8 Å². The van der Waals surface area contributed by atoms with Gasteiger partial charge in [-0.1, -0.05) is 17.3 Å². The van der Waals surface area contributed by atoms with Gasteiger partial charge in [0.2, 0.25) is 5.95 Å². The maximum absolute atomic E-state index is 13.9. The van der Waals surface area contributed by atoms with E-state index in [-0.39, 0.29) is 37.5 Å². The number of ether oxygens (including phenoxy) is 2. The van der Waals surface area contributed by atoms with E-state index in [1.54, 1.807) is 36.1 Å². The summed E-state index contributed by atoms with van der Waals surface area (Å²) in [5.41, 5.74) is -3.54. The minimum atomic E-state index is -4.94. The molecule has 5 rings (SSSR count). The summed E-state index contributed by atoms with van der Waals surface area (Å²) in [6, 6.07) is 5.83. The minimum Gasteiger partial charge on any atom is -0.497 e. The van der Waals surface area contributed by atoms with Gasteiger partial charge >= 0.3 is 12.4 Å². The fourth-order valence-electron chi connectivity index (χ4n) is 4.45. The van der Waals surface area contributed by atoms with Crippen LogP contribution in [0.5, 0.6) is 5.75 Å². The van der Waals surface area contributed by atoms with E-state index in [1.165, 1.54) is 7.11 Å². The molecule has 1 fully saturated rings. The molecule has 0 radical (unpaired) electrons. The largest absolute Gasteiger partial charge is 0.497 e. The van der Waals surface area contributed by atoms with Crippen LogP contribution < -0.4 is 20.5 Å². The Labute approximate surface area is 251 Å². The van der Waals surface area contributed by atoms with Crippen LogP contribution in [-0.4, -0.2) is 62.7 Å². The molecule has 45 heavy (non-hydrogen) atoms. The Kier molecular flexibility index (Phi) is 8.94. The highest BCUT2D eigenvalue weighted by Crippen LogP contribution is 2.33. The van der Waals surface area contributed by atoms with Gasteiger partial charge in [-0.25, -0.2) is 14.6 Å². The van der Waals surface area contributed by atoms with Gasteiger partial charge in [0.15, 0.2) is 5.82 Å². The van der Waals surface area contributed by atoms with Gasteiger partial charge in [-0.15, -0.1) is 0 Å². The minimum absolute atomic E-state index is 0.0770. The Bertz CT molecular complexity index is 1650. The molecule has 18 heteroatoms. The summed E-state index contributed by atoms with van der Waals surface area (Å²) in [5.74, 6) is 1.02. The lowest BCUT2D eigenvalue weighted by Gasteiger charge is -2.37. The van der Waals surface area contributed by atoms with Crippen LogP contribution >= 0.6 is 0 Å². The zero-order valence-corrected chi connectivity index (χ0v) is 23.8. The first-order chi connectivity index (χ1) is 21.3. The molecule has 0 saturated carbocycles. The third-order valence-electron chi connectivity index (χ3n) is 6.79. The summed E-state index contributed by atoms with van der Waals surface area (Å²) in [5, 5.41) is 10.5. The highest BCUT2D eigenvalue weighted by molar-refractivity contribution is 5.50. The molecule has 1 aliphatic rings. The first-order valence-corrected chi connectivity index (χ1v) is 13.4. The summed E-state index contributed by atoms with van der Waals surface area (Å²) in [6.45, 7) is 1.91. The molecule has 0 aliphatic carbocycles. The Morgan fingerprint density at radius 3 is 2.36 bits per heavy atom. The summed E-state index contributed by atoms with van der Waals surface area (Å²) < 4.78 is 96.4. The van der Waals surface area contributed by atoms with Crippen molar-refractivity contribution in [2.75, 3.05) is 37.0 Å². The van der Waals surface area contributed by atoms with Gasteiger partial charge in [-0.3, -0.25) is 4.79 Å². The van der Waals surface area contributed by atoms with E-state index in [1.807, 2.05) is 0 Å². The molecule has 1 N–H and O–H groups in total. The zero-order valence-electron chi connectivity index (χ0n) is 23.8. The molecule has 4 aromatic rings. The van der Waals surface area contributed by atoms with Gasteiger partial charge in [-0.2, -0.15) is 36.4 Å². The van der Waals surface area contributed by atoms with Crippen LogP contribution in [0.25, 0.3) is 0 Å². The second-order valence-electron chi connectivity index (χ2n) is 10.2. The first-order valence-electron chi connectivity index (χ1n) is 13.4.